The lowest BCUT2D eigenvalue weighted by molar-refractivity contribution is 0.0694. The third-order valence-electron chi connectivity index (χ3n) is 6.32. The Morgan fingerprint density at radius 2 is 2.17 bits per heavy atom. The number of hydrogen-bond donors (Lipinski definition) is 2. The molecule has 0 aliphatic carbocycles. The summed E-state index contributed by atoms with van der Waals surface area (Å²) < 4.78 is 17.1. The zero-order valence-corrected chi connectivity index (χ0v) is 17.0. The number of carbonyl (C=O) groups is 1. The average Bonchev–Trinajstić information content (AvgIpc) is 3.14. The summed E-state index contributed by atoms with van der Waals surface area (Å²) in [5, 5.41) is 13.0. The first-order chi connectivity index (χ1) is 13.9. The molecule has 29 heavy (non-hydrogen) atoms. The Balaban J connectivity index is 1.80. The second-order valence-electron chi connectivity index (χ2n) is 8.36. The van der Waals surface area contributed by atoms with Gasteiger partial charge in [-0.1, -0.05) is 6.92 Å². The largest absolute Gasteiger partial charge is 0.477 e. The van der Waals surface area contributed by atoms with Gasteiger partial charge in [0.05, 0.1) is 11.2 Å². The standard InChI is InChI=1S/C22H28FN3O3/c1-3-7-24-10-14-6-8-25(11-14)20-15-5-4-13(2)26-12-17(22(28)29)21(27)16(19(15)26)9-18(20)23/h9,12-14,24H,3-8,10-11H2,1-2H3,(H,28,29). The molecule has 4 rings (SSSR count). The molecule has 1 aromatic heterocycles. The molecule has 2 atom stereocenters. The summed E-state index contributed by atoms with van der Waals surface area (Å²) in [4.78, 5) is 26.4. The number of rotatable bonds is 6. The van der Waals surface area contributed by atoms with Crippen molar-refractivity contribution in [3.8, 4) is 0 Å². The van der Waals surface area contributed by atoms with E-state index >= 15 is 4.39 Å². The van der Waals surface area contributed by atoms with E-state index in [2.05, 4.69) is 17.1 Å². The minimum absolute atomic E-state index is 0.0616. The van der Waals surface area contributed by atoms with E-state index in [4.69, 9.17) is 0 Å². The Morgan fingerprint density at radius 1 is 1.38 bits per heavy atom. The SMILES string of the molecule is CCCNCC1CCN(c2c(F)cc3c(=O)c(C(=O)O)cn4c3c2CCC4C)C1. The van der Waals surface area contributed by atoms with Crippen LogP contribution < -0.4 is 15.6 Å². The van der Waals surface area contributed by atoms with Crippen molar-refractivity contribution >= 4 is 22.6 Å². The predicted molar refractivity (Wildman–Crippen MR) is 112 cm³/mol. The van der Waals surface area contributed by atoms with Crippen molar-refractivity contribution in [2.45, 2.75) is 45.6 Å². The van der Waals surface area contributed by atoms with Crippen molar-refractivity contribution in [1.82, 2.24) is 9.88 Å². The van der Waals surface area contributed by atoms with Gasteiger partial charge in [0.1, 0.15) is 11.4 Å². The minimum atomic E-state index is -1.27. The average molecular weight is 401 g/mol. The number of aryl methyl sites for hydroxylation is 1. The lowest BCUT2D eigenvalue weighted by atomic mass is 9.93. The number of hydrogen-bond acceptors (Lipinski definition) is 4. The van der Waals surface area contributed by atoms with E-state index < -0.39 is 17.2 Å². The summed E-state index contributed by atoms with van der Waals surface area (Å²) in [5.41, 5.74) is 1.23. The van der Waals surface area contributed by atoms with E-state index in [1.54, 1.807) is 0 Å². The van der Waals surface area contributed by atoms with Crippen LogP contribution in [0.5, 0.6) is 0 Å². The van der Waals surface area contributed by atoms with E-state index in [0.717, 1.165) is 51.0 Å². The highest BCUT2D eigenvalue weighted by Crippen LogP contribution is 2.39. The molecule has 0 bridgehead atoms. The number of carboxylic acid groups (broad SMARTS) is 1. The van der Waals surface area contributed by atoms with Gasteiger partial charge >= 0.3 is 5.97 Å². The van der Waals surface area contributed by atoms with Gasteiger partial charge in [-0.25, -0.2) is 9.18 Å². The van der Waals surface area contributed by atoms with Crippen LogP contribution in [0.1, 0.15) is 55.1 Å². The topological polar surface area (TPSA) is 74.6 Å². The van der Waals surface area contributed by atoms with Crippen LogP contribution in [0, 0.1) is 11.7 Å². The second-order valence-corrected chi connectivity index (χ2v) is 8.36. The van der Waals surface area contributed by atoms with Crippen molar-refractivity contribution in [3.63, 3.8) is 0 Å². The molecule has 156 valence electrons. The van der Waals surface area contributed by atoms with E-state index in [1.807, 2.05) is 11.5 Å². The van der Waals surface area contributed by atoms with Crippen molar-refractivity contribution in [2.24, 2.45) is 5.92 Å². The Morgan fingerprint density at radius 3 is 2.90 bits per heavy atom. The Kier molecular flexibility index (Phi) is 5.34. The lowest BCUT2D eigenvalue weighted by Gasteiger charge is -2.31. The number of halogens is 1. The number of anilines is 1. The van der Waals surface area contributed by atoms with Crippen LogP contribution >= 0.6 is 0 Å². The molecule has 3 heterocycles. The van der Waals surface area contributed by atoms with Gasteiger partial charge in [0.15, 0.2) is 0 Å². The molecule has 7 heteroatoms. The fourth-order valence-electron chi connectivity index (χ4n) is 4.81. The smallest absolute Gasteiger partial charge is 0.341 e. The van der Waals surface area contributed by atoms with Crippen LogP contribution in [0.25, 0.3) is 10.9 Å². The maximum Gasteiger partial charge on any atom is 0.341 e. The van der Waals surface area contributed by atoms with Crippen LogP contribution in [0.4, 0.5) is 10.1 Å². The molecule has 1 aromatic carbocycles. The fourth-order valence-corrected chi connectivity index (χ4v) is 4.81. The van der Waals surface area contributed by atoms with Crippen LogP contribution in [0.2, 0.25) is 0 Å². The van der Waals surface area contributed by atoms with Gasteiger partial charge in [-0.2, -0.15) is 0 Å². The first-order valence-electron chi connectivity index (χ1n) is 10.5. The zero-order valence-electron chi connectivity index (χ0n) is 17.0. The Labute approximate surface area is 169 Å². The Hall–Kier alpha value is -2.41. The number of pyridine rings is 1. The van der Waals surface area contributed by atoms with Crippen molar-refractivity contribution < 1.29 is 14.3 Å². The normalized spacial score (nSPS) is 21.1. The molecule has 2 aliphatic heterocycles. The third kappa shape index (κ3) is 3.41. The maximum atomic E-state index is 15.3. The molecule has 1 fully saturated rings. The maximum absolute atomic E-state index is 15.3. The highest BCUT2D eigenvalue weighted by molar-refractivity contribution is 5.95. The van der Waals surface area contributed by atoms with Crippen LogP contribution in [0.15, 0.2) is 17.1 Å². The number of benzene rings is 1. The second kappa shape index (κ2) is 7.78. The number of carboxylic acids is 1. The highest BCUT2D eigenvalue weighted by atomic mass is 19.1. The van der Waals surface area contributed by atoms with Gasteiger partial charge < -0.3 is 19.9 Å². The zero-order chi connectivity index (χ0) is 20.7. The van der Waals surface area contributed by atoms with Crippen LogP contribution in [-0.2, 0) is 6.42 Å². The number of aromatic nitrogens is 1. The van der Waals surface area contributed by atoms with Gasteiger partial charge in [-0.15, -0.1) is 0 Å². The number of nitrogens with zero attached hydrogens (tertiary/aromatic N) is 2. The lowest BCUT2D eigenvalue weighted by Crippen LogP contribution is -2.29. The fraction of sp³-hybridized carbons (Fsp3) is 0.545. The summed E-state index contributed by atoms with van der Waals surface area (Å²) in [6.07, 6.45) is 5.01. The van der Waals surface area contributed by atoms with Crippen molar-refractivity contribution in [1.29, 1.82) is 0 Å². The van der Waals surface area contributed by atoms with Gasteiger partial charge in [0.2, 0.25) is 5.43 Å². The molecule has 2 unspecified atom stereocenters. The van der Waals surface area contributed by atoms with Gasteiger partial charge in [0.25, 0.3) is 0 Å². The molecule has 2 aliphatic rings. The Bertz CT molecular complexity index is 1020. The predicted octanol–water partition coefficient (Wildman–Crippen LogP) is 3.17. The monoisotopic (exact) mass is 401 g/mol. The van der Waals surface area contributed by atoms with Crippen LogP contribution in [0.3, 0.4) is 0 Å². The first kappa shape index (κ1) is 19.9. The first-order valence-corrected chi connectivity index (χ1v) is 10.5. The van der Waals surface area contributed by atoms with Crippen molar-refractivity contribution in [3.05, 3.63) is 39.4 Å². The summed E-state index contributed by atoms with van der Waals surface area (Å²) >= 11 is 0. The summed E-state index contributed by atoms with van der Waals surface area (Å²) in [7, 11) is 0. The van der Waals surface area contributed by atoms with Gasteiger partial charge in [0, 0.05) is 36.3 Å². The molecule has 0 amide bonds. The highest BCUT2D eigenvalue weighted by Gasteiger charge is 2.31. The molecule has 0 radical (unpaired) electrons. The summed E-state index contributed by atoms with van der Waals surface area (Å²) in [6.45, 7) is 7.65. The van der Waals surface area contributed by atoms with E-state index in [-0.39, 0.29) is 17.0 Å². The molecule has 2 aromatic rings. The van der Waals surface area contributed by atoms with E-state index in [1.165, 1.54) is 12.3 Å². The quantitative estimate of drug-likeness (QED) is 0.728. The summed E-state index contributed by atoms with van der Waals surface area (Å²) in [6, 6.07) is 1.31. The van der Waals surface area contributed by atoms with Gasteiger partial charge in [-0.3, -0.25) is 4.79 Å². The van der Waals surface area contributed by atoms with E-state index in [9.17, 15) is 14.7 Å². The molecule has 0 saturated carbocycles. The third-order valence-corrected chi connectivity index (χ3v) is 6.32. The number of nitrogens with one attached hydrogen (secondary N) is 1. The van der Waals surface area contributed by atoms with Crippen molar-refractivity contribution in [2.75, 3.05) is 31.1 Å². The van der Waals surface area contributed by atoms with E-state index in [0.29, 0.717) is 23.5 Å². The molecule has 6 nitrogen and oxygen atoms in total. The van der Waals surface area contributed by atoms with Gasteiger partial charge in [-0.05, 0) is 57.7 Å². The summed E-state index contributed by atoms with van der Waals surface area (Å²) in [5.74, 6) is -1.22. The minimum Gasteiger partial charge on any atom is -0.477 e. The molecule has 2 N–H and O–H groups in total. The molecule has 0 spiro atoms. The number of aromatic carboxylic acids is 1. The van der Waals surface area contributed by atoms with Crippen LogP contribution in [-0.4, -0.2) is 41.8 Å². The molecule has 1 saturated heterocycles. The molecular formula is C22H28FN3O3. The molecular weight excluding hydrogens is 373 g/mol.